The summed E-state index contributed by atoms with van der Waals surface area (Å²) in [5.41, 5.74) is 1.17. The lowest BCUT2D eigenvalue weighted by Crippen LogP contribution is -2.26. The average Bonchev–Trinajstić information content (AvgIpc) is 2.50. The number of rotatable bonds is 6. The summed E-state index contributed by atoms with van der Waals surface area (Å²) in [6.45, 7) is 4.11. The van der Waals surface area contributed by atoms with Crippen molar-refractivity contribution in [1.82, 2.24) is 10.3 Å². The van der Waals surface area contributed by atoms with Crippen LogP contribution in [0, 0.1) is 5.82 Å². The molecule has 1 aromatic carbocycles. The molecular weight excluding hydrogens is 283 g/mol. The first-order valence-corrected chi connectivity index (χ1v) is 7.20. The van der Waals surface area contributed by atoms with Gasteiger partial charge in [0.05, 0.1) is 6.10 Å². The fraction of sp³-hybridized carbons (Fsp3) is 0.294. The van der Waals surface area contributed by atoms with Gasteiger partial charge in [-0.3, -0.25) is 9.78 Å². The highest BCUT2D eigenvalue weighted by molar-refractivity contribution is 5.92. The number of hydrogen-bond donors (Lipinski definition) is 1. The predicted molar refractivity (Wildman–Crippen MR) is 82.4 cm³/mol. The van der Waals surface area contributed by atoms with Gasteiger partial charge in [0.2, 0.25) is 0 Å². The first kappa shape index (κ1) is 15.9. The van der Waals surface area contributed by atoms with Crippen LogP contribution in [0.2, 0.25) is 0 Å². The van der Waals surface area contributed by atoms with E-state index in [1.165, 1.54) is 6.07 Å². The summed E-state index contributed by atoms with van der Waals surface area (Å²) >= 11 is 0. The molecule has 2 rings (SSSR count). The van der Waals surface area contributed by atoms with Crippen molar-refractivity contribution in [3.63, 3.8) is 0 Å². The molecule has 116 valence electrons. The number of amides is 1. The molecule has 1 amide bonds. The highest BCUT2D eigenvalue weighted by Crippen LogP contribution is 2.19. The fourth-order valence-corrected chi connectivity index (χ4v) is 1.96. The topological polar surface area (TPSA) is 51.2 Å². The van der Waals surface area contributed by atoms with Gasteiger partial charge < -0.3 is 10.1 Å². The maximum atomic E-state index is 13.8. The first-order chi connectivity index (χ1) is 10.6. The van der Waals surface area contributed by atoms with Gasteiger partial charge >= 0.3 is 0 Å². The van der Waals surface area contributed by atoms with E-state index >= 15 is 0 Å². The van der Waals surface area contributed by atoms with Crippen molar-refractivity contribution in [1.29, 1.82) is 0 Å². The SMILES string of the molecule is CC(C)Oc1ccc(CCNC(=O)c2ccccn2)cc1F. The second kappa shape index (κ2) is 7.54. The number of ether oxygens (including phenoxy) is 1. The van der Waals surface area contributed by atoms with E-state index in [4.69, 9.17) is 4.74 Å². The molecule has 0 radical (unpaired) electrons. The van der Waals surface area contributed by atoms with Crippen LogP contribution in [0.5, 0.6) is 5.75 Å². The lowest BCUT2D eigenvalue weighted by Gasteiger charge is -2.11. The van der Waals surface area contributed by atoms with Crippen molar-refractivity contribution < 1.29 is 13.9 Å². The fourth-order valence-electron chi connectivity index (χ4n) is 1.96. The Morgan fingerprint density at radius 2 is 2.14 bits per heavy atom. The number of carbonyl (C=O) groups is 1. The molecule has 22 heavy (non-hydrogen) atoms. The third kappa shape index (κ3) is 4.55. The monoisotopic (exact) mass is 302 g/mol. The van der Waals surface area contributed by atoms with Crippen LogP contribution < -0.4 is 10.1 Å². The van der Waals surface area contributed by atoms with Gasteiger partial charge in [-0.2, -0.15) is 0 Å². The predicted octanol–water partition coefficient (Wildman–Crippen LogP) is 2.98. The molecule has 0 spiro atoms. The Hall–Kier alpha value is -2.43. The van der Waals surface area contributed by atoms with Gasteiger partial charge in [0, 0.05) is 12.7 Å². The Kier molecular flexibility index (Phi) is 5.47. The molecule has 0 aliphatic heterocycles. The normalized spacial score (nSPS) is 10.5. The molecule has 1 aromatic heterocycles. The third-order valence-electron chi connectivity index (χ3n) is 2.96. The summed E-state index contributed by atoms with van der Waals surface area (Å²) in [6, 6.07) is 10.0. The van der Waals surface area contributed by atoms with E-state index in [-0.39, 0.29) is 23.6 Å². The summed E-state index contributed by atoms with van der Waals surface area (Å²) in [7, 11) is 0. The molecule has 5 heteroatoms. The number of nitrogens with zero attached hydrogens (tertiary/aromatic N) is 1. The van der Waals surface area contributed by atoms with E-state index in [1.54, 1.807) is 36.5 Å². The van der Waals surface area contributed by atoms with E-state index in [2.05, 4.69) is 10.3 Å². The molecule has 0 saturated heterocycles. The van der Waals surface area contributed by atoms with Crippen molar-refractivity contribution in [2.24, 2.45) is 0 Å². The zero-order valence-corrected chi connectivity index (χ0v) is 12.7. The maximum Gasteiger partial charge on any atom is 0.269 e. The van der Waals surface area contributed by atoms with Gasteiger partial charge in [0.1, 0.15) is 5.69 Å². The van der Waals surface area contributed by atoms with E-state index in [1.807, 2.05) is 13.8 Å². The zero-order valence-electron chi connectivity index (χ0n) is 12.7. The smallest absolute Gasteiger partial charge is 0.269 e. The summed E-state index contributed by atoms with van der Waals surface area (Å²) < 4.78 is 19.2. The standard InChI is InChI=1S/C17H19FN2O2/c1-12(2)22-16-7-6-13(11-14(16)18)8-10-20-17(21)15-5-3-4-9-19-15/h3-7,9,11-12H,8,10H2,1-2H3,(H,20,21). The lowest BCUT2D eigenvalue weighted by atomic mass is 10.1. The van der Waals surface area contributed by atoms with Crippen LogP contribution >= 0.6 is 0 Å². The number of hydrogen-bond acceptors (Lipinski definition) is 3. The number of halogens is 1. The third-order valence-corrected chi connectivity index (χ3v) is 2.96. The Labute approximate surface area is 129 Å². The maximum absolute atomic E-state index is 13.8. The van der Waals surface area contributed by atoms with Gasteiger partial charge in [-0.25, -0.2) is 4.39 Å². The van der Waals surface area contributed by atoms with Gasteiger partial charge in [0.15, 0.2) is 11.6 Å². The van der Waals surface area contributed by atoms with Crippen molar-refractivity contribution in [2.75, 3.05) is 6.54 Å². The summed E-state index contributed by atoms with van der Waals surface area (Å²) in [4.78, 5) is 15.8. The number of aromatic nitrogens is 1. The van der Waals surface area contributed by atoms with Gasteiger partial charge in [-0.15, -0.1) is 0 Å². The van der Waals surface area contributed by atoms with Gasteiger partial charge in [-0.1, -0.05) is 12.1 Å². The summed E-state index contributed by atoms with van der Waals surface area (Å²) in [5, 5.41) is 2.76. The minimum absolute atomic E-state index is 0.0713. The summed E-state index contributed by atoms with van der Waals surface area (Å²) in [5.74, 6) is -0.376. The van der Waals surface area contributed by atoms with Gasteiger partial charge in [-0.05, 0) is 50.1 Å². The first-order valence-electron chi connectivity index (χ1n) is 7.20. The lowest BCUT2D eigenvalue weighted by molar-refractivity contribution is 0.0949. The Morgan fingerprint density at radius 1 is 1.32 bits per heavy atom. The molecular formula is C17H19FN2O2. The average molecular weight is 302 g/mol. The van der Waals surface area contributed by atoms with Crippen LogP contribution in [0.4, 0.5) is 4.39 Å². The molecule has 1 heterocycles. The molecule has 0 unspecified atom stereocenters. The molecule has 0 saturated carbocycles. The van der Waals surface area contributed by atoms with Crippen molar-refractivity contribution in [3.8, 4) is 5.75 Å². The van der Waals surface area contributed by atoms with Crippen LogP contribution in [-0.2, 0) is 6.42 Å². The highest BCUT2D eigenvalue weighted by Gasteiger charge is 2.08. The largest absolute Gasteiger partial charge is 0.488 e. The number of carbonyl (C=O) groups excluding carboxylic acids is 1. The number of benzene rings is 1. The molecule has 0 bridgehead atoms. The second-order valence-corrected chi connectivity index (χ2v) is 5.15. The van der Waals surface area contributed by atoms with Crippen LogP contribution in [0.25, 0.3) is 0 Å². The van der Waals surface area contributed by atoms with Crippen LogP contribution in [0.3, 0.4) is 0 Å². The zero-order chi connectivity index (χ0) is 15.9. The van der Waals surface area contributed by atoms with Crippen LogP contribution in [0.15, 0.2) is 42.6 Å². The van der Waals surface area contributed by atoms with Crippen molar-refractivity contribution >= 4 is 5.91 Å². The van der Waals surface area contributed by atoms with Crippen molar-refractivity contribution in [3.05, 3.63) is 59.7 Å². The van der Waals surface area contributed by atoms with E-state index in [0.717, 1.165) is 5.56 Å². The molecule has 0 aliphatic rings. The van der Waals surface area contributed by atoms with Gasteiger partial charge in [0.25, 0.3) is 5.91 Å². The van der Waals surface area contributed by atoms with E-state index in [9.17, 15) is 9.18 Å². The summed E-state index contributed by atoms with van der Waals surface area (Å²) in [6.07, 6.45) is 2.04. The molecule has 2 aromatic rings. The number of nitrogens with one attached hydrogen (secondary N) is 1. The Bertz CT molecular complexity index is 630. The molecule has 1 N–H and O–H groups in total. The second-order valence-electron chi connectivity index (χ2n) is 5.15. The Balaban J connectivity index is 1.87. The highest BCUT2D eigenvalue weighted by atomic mass is 19.1. The minimum atomic E-state index is -0.387. The minimum Gasteiger partial charge on any atom is -0.488 e. The quantitative estimate of drug-likeness (QED) is 0.892. The molecule has 4 nitrogen and oxygen atoms in total. The van der Waals surface area contributed by atoms with Crippen LogP contribution in [0.1, 0.15) is 29.9 Å². The Morgan fingerprint density at radius 3 is 2.77 bits per heavy atom. The number of pyridine rings is 1. The van der Waals surface area contributed by atoms with Crippen LogP contribution in [-0.4, -0.2) is 23.5 Å². The molecule has 0 atom stereocenters. The van der Waals surface area contributed by atoms with Crippen molar-refractivity contribution in [2.45, 2.75) is 26.4 Å². The molecule has 0 fully saturated rings. The van der Waals surface area contributed by atoms with E-state index in [0.29, 0.717) is 18.7 Å². The molecule has 0 aliphatic carbocycles. The van der Waals surface area contributed by atoms with E-state index < -0.39 is 0 Å².